The van der Waals surface area contributed by atoms with Gasteiger partial charge in [-0.25, -0.2) is 0 Å². The minimum atomic E-state index is -0.106. The van der Waals surface area contributed by atoms with Crippen molar-refractivity contribution in [3.8, 4) is 0 Å². The van der Waals surface area contributed by atoms with Gasteiger partial charge in [0, 0.05) is 19.0 Å². The molecule has 0 amide bonds. The zero-order chi connectivity index (χ0) is 11.4. The summed E-state index contributed by atoms with van der Waals surface area (Å²) in [5.74, 6) is 0.687. The van der Waals surface area contributed by atoms with Crippen molar-refractivity contribution in [2.75, 3.05) is 32.8 Å². The summed E-state index contributed by atoms with van der Waals surface area (Å²) < 4.78 is 5.36. The van der Waals surface area contributed by atoms with Gasteiger partial charge in [0.05, 0.1) is 25.9 Å². The summed E-state index contributed by atoms with van der Waals surface area (Å²) in [4.78, 5) is 14.1. The van der Waals surface area contributed by atoms with Crippen LogP contribution in [0, 0.1) is 5.92 Å². The van der Waals surface area contributed by atoms with Gasteiger partial charge in [-0.15, -0.1) is 0 Å². The van der Waals surface area contributed by atoms with Gasteiger partial charge in [-0.05, 0) is 12.8 Å². The lowest BCUT2D eigenvalue weighted by Gasteiger charge is -2.31. The zero-order valence-electron chi connectivity index (χ0n) is 9.73. The molecule has 1 saturated heterocycles. The molecule has 92 valence electrons. The Balaban J connectivity index is 1.77. The number of carbonyl (C=O) groups is 1. The number of nitrogens with zero attached hydrogens (tertiary/aromatic N) is 1. The topological polar surface area (TPSA) is 49.8 Å². The summed E-state index contributed by atoms with van der Waals surface area (Å²) in [6.07, 6.45) is 4.46. The van der Waals surface area contributed by atoms with Crippen LogP contribution in [0.25, 0.3) is 0 Å². The van der Waals surface area contributed by atoms with E-state index in [9.17, 15) is 4.79 Å². The highest BCUT2D eigenvalue weighted by Gasteiger charge is 2.26. The van der Waals surface area contributed by atoms with Crippen LogP contribution in [-0.4, -0.2) is 54.7 Å². The number of Topliss-reactive ketones (excluding diaryl/α,β-unsaturated/α-hetero) is 1. The standard InChI is InChI=1S/C12H21NO3/c14-9-11-7-13(5-6-16-11)8-12(15)10-3-1-2-4-10/h10-11,14H,1-9H2. The van der Waals surface area contributed by atoms with Crippen molar-refractivity contribution in [2.24, 2.45) is 5.92 Å². The fraction of sp³-hybridized carbons (Fsp3) is 0.917. The Hall–Kier alpha value is -0.450. The van der Waals surface area contributed by atoms with Gasteiger partial charge in [-0.2, -0.15) is 0 Å². The van der Waals surface area contributed by atoms with Gasteiger partial charge in [-0.1, -0.05) is 12.8 Å². The molecule has 0 aromatic heterocycles. The van der Waals surface area contributed by atoms with Crippen LogP contribution in [0.15, 0.2) is 0 Å². The molecular formula is C12H21NO3. The molecule has 0 aromatic rings. The molecule has 0 bridgehead atoms. The molecule has 1 heterocycles. The second kappa shape index (κ2) is 5.75. The van der Waals surface area contributed by atoms with Crippen LogP contribution >= 0.6 is 0 Å². The first-order valence-electron chi connectivity index (χ1n) is 6.27. The number of ether oxygens (including phenoxy) is 1. The quantitative estimate of drug-likeness (QED) is 0.757. The normalized spacial score (nSPS) is 28.4. The number of aliphatic hydroxyl groups excluding tert-OH is 1. The largest absolute Gasteiger partial charge is 0.394 e. The first-order valence-corrected chi connectivity index (χ1v) is 6.27. The molecule has 16 heavy (non-hydrogen) atoms. The third-order valence-corrected chi connectivity index (χ3v) is 3.62. The fourth-order valence-electron chi connectivity index (χ4n) is 2.63. The van der Waals surface area contributed by atoms with Gasteiger partial charge in [0.1, 0.15) is 5.78 Å². The third-order valence-electron chi connectivity index (χ3n) is 3.62. The molecule has 1 saturated carbocycles. The number of rotatable bonds is 4. The Bertz CT molecular complexity index is 238. The van der Waals surface area contributed by atoms with Crippen LogP contribution in [-0.2, 0) is 9.53 Å². The van der Waals surface area contributed by atoms with Crippen molar-refractivity contribution in [2.45, 2.75) is 31.8 Å². The average Bonchev–Trinajstić information content (AvgIpc) is 2.83. The number of ketones is 1. The van der Waals surface area contributed by atoms with Crippen LogP contribution in [0.1, 0.15) is 25.7 Å². The van der Waals surface area contributed by atoms with Crippen molar-refractivity contribution >= 4 is 5.78 Å². The van der Waals surface area contributed by atoms with Crippen LogP contribution in [0.2, 0.25) is 0 Å². The van der Waals surface area contributed by atoms with Gasteiger partial charge in [-0.3, -0.25) is 9.69 Å². The lowest BCUT2D eigenvalue weighted by molar-refractivity contribution is -0.126. The van der Waals surface area contributed by atoms with Crippen LogP contribution in [0.4, 0.5) is 0 Å². The van der Waals surface area contributed by atoms with E-state index in [1.165, 1.54) is 12.8 Å². The summed E-state index contributed by atoms with van der Waals surface area (Å²) in [7, 11) is 0. The molecule has 1 aliphatic heterocycles. The van der Waals surface area contributed by atoms with Crippen LogP contribution in [0.5, 0.6) is 0 Å². The lowest BCUT2D eigenvalue weighted by atomic mass is 10.0. The Morgan fingerprint density at radius 3 is 2.81 bits per heavy atom. The first kappa shape index (κ1) is 12.0. The monoisotopic (exact) mass is 227 g/mol. The number of carbonyl (C=O) groups excluding carboxylic acids is 1. The molecule has 1 aliphatic carbocycles. The molecule has 2 aliphatic rings. The fourth-order valence-corrected chi connectivity index (χ4v) is 2.63. The summed E-state index contributed by atoms with van der Waals surface area (Å²) in [5, 5.41) is 9.02. The van der Waals surface area contributed by atoms with Crippen molar-refractivity contribution in [3.05, 3.63) is 0 Å². The van der Waals surface area contributed by atoms with Gasteiger partial charge < -0.3 is 9.84 Å². The molecule has 4 heteroatoms. The Kier molecular flexibility index (Phi) is 4.32. The van der Waals surface area contributed by atoms with Crippen molar-refractivity contribution < 1.29 is 14.6 Å². The smallest absolute Gasteiger partial charge is 0.149 e. The second-order valence-electron chi connectivity index (χ2n) is 4.86. The average molecular weight is 227 g/mol. The van der Waals surface area contributed by atoms with Gasteiger partial charge >= 0.3 is 0 Å². The predicted octanol–water partition coefficient (Wildman–Crippen LogP) is 0.439. The molecular weight excluding hydrogens is 206 g/mol. The molecule has 0 radical (unpaired) electrons. The summed E-state index contributed by atoms with van der Waals surface area (Å²) in [5.41, 5.74) is 0. The maximum atomic E-state index is 12.0. The molecule has 4 nitrogen and oxygen atoms in total. The molecule has 2 fully saturated rings. The van der Waals surface area contributed by atoms with Crippen molar-refractivity contribution in [1.29, 1.82) is 0 Å². The van der Waals surface area contributed by atoms with Gasteiger partial charge in [0.25, 0.3) is 0 Å². The van der Waals surface area contributed by atoms with Crippen LogP contribution in [0.3, 0.4) is 0 Å². The van der Waals surface area contributed by atoms with Crippen LogP contribution < -0.4 is 0 Å². The maximum Gasteiger partial charge on any atom is 0.149 e. The maximum absolute atomic E-state index is 12.0. The minimum absolute atomic E-state index is 0.0497. The Morgan fingerprint density at radius 2 is 2.12 bits per heavy atom. The summed E-state index contributed by atoms with van der Waals surface area (Å²) >= 11 is 0. The van der Waals surface area contributed by atoms with E-state index in [0.717, 1.165) is 19.4 Å². The van der Waals surface area contributed by atoms with E-state index >= 15 is 0 Å². The molecule has 0 aromatic carbocycles. The summed E-state index contributed by atoms with van der Waals surface area (Å²) in [6, 6.07) is 0. The van der Waals surface area contributed by atoms with E-state index in [1.807, 2.05) is 0 Å². The van der Waals surface area contributed by atoms with E-state index in [0.29, 0.717) is 31.4 Å². The highest BCUT2D eigenvalue weighted by molar-refractivity contribution is 5.83. The second-order valence-corrected chi connectivity index (χ2v) is 4.86. The lowest BCUT2D eigenvalue weighted by Crippen LogP contribution is -2.46. The van der Waals surface area contributed by atoms with E-state index < -0.39 is 0 Å². The van der Waals surface area contributed by atoms with Crippen molar-refractivity contribution in [3.63, 3.8) is 0 Å². The number of morpholine rings is 1. The Labute approximate surface area is 96.6 Å². The zero-order valence-corrected chi connectivity index (χ0v) is 9.73. The molecule has 0 spiro atoms. The van der Waals surface area contributed by atoms with Gasteiger partial charge in [0.2, 0.25) is 0 Å². The SMILES string of the molecule is O=C(CN1CCOC(CO)C1)C1CCCC1. The third kappa shape index (κ3) is 3.03. The first-order chi connectivity index (χ1) is 7.79. The highest BCUT2D eigenvalue weighted by Crippen LogP contribution is 2.25. The van der Waals surface area contributed by atoms with Crippen molar-refractivity contribution in [1.82, 2.24) is 4.90 Å². The molecule has 1 N–H and O–H groups in total. The van der Waals surface area contributed by atoms with E-state index in [1.54, 1.807) is 0 Å². The number of aliphatic hydroxyl groups is 1. The molecule has 1 atom stereocenters. The van der Waals surface area contributed by atoms with E-state index in [-0.39, 0.29) is 12.7 Å². The van der Waals surface area contributed by atoms with E-state index in [4.69, 9.17) is 9.84 Å². The number of hydrogen-bond donors (Lipinski definition) is 1. The Morgan fingerprint density at radius 1 is 1.38 bits per heavy atom. The minimum Gasteiger partial charge on any atom is -0.394 e. The molecule has 2 rings (SSSR count). The predicted molar refractivity (Wildman–Crippen MR) is 60.2 cm³/mol. The highest BCUT2D eigenvalue weighted by atomic mass is 16.5. The van der Waals surface area contributed by atoms with E-state index in [2.05, 4.69) is 4.90 Å². The van der Waals surface area contributed by atoms with Gasteiger partial charge in [0.15, 0.2) is 0 Å². The summed E-state index contributed by atoms with van der Waals surface area (Å²) in [6.45, 7) is 2.73. The number of hydrogen-bond acceptors (Lipinski definition) is 4. The molecule has 1 unspecified atom stereocenters.